The molecule has 3 heterocycles. The predicted octanol–water partition coefficient (Wildman–Crippen LogP) is 3.04. The average molecular weight is 295 g/mol. The second-order valence-electron chi connectivity index (χ2n) is 5.55. The van der Waals surface area contributed by atoms with Crippen molar-refractivity contribution >= 4 is 10.9 Å². The van der Waals surface area contributed by atoms with Crippen LogP contribution in [0.4, 0.5) is 0 Å². The zero-order valence-electron chi connectivity index (χ0n) is 12.2. The average Bonchev–Trinajstić information content (AvgIpc) is 3.06. The number of hydrogen-bond acceptors (Lipinski definition) is 3. The van der Waals surface area contributed by atoms with Gasteiger partial charge in [-0.25, -0.2) is 4.68 Å². The van der Waals surface area contributed by atoms with Gasteiger partial charge in [0.15, 0.2) is 6.23 Å². The molecule has 3 aromatic rings. The van der Waals surface area contributed by atoms with Crippen molar-refractivity contribution in [1.29, 1.82) is 0 Å². The lowest BCUT2D eigenvalue weighted by Gasteiger charge is -2.24. The van der Waals surface area contributed by atoms with E-state index in [1.807, 2.05) is 47.1 Å². The molecule has 4 rings (SSSR count). The number of rotatable bonds is 2. The minimum atomic E-state index is -0.0785. The van der Waals surface area contributed by atoms with Crippen molar-refractivity contribution in [3.05, 3.63) is 53.9 Å². The Labute approximate surface area is 128 Å². The summed E-state index contributed by atoms with van der Waals surface area (Å²) in [7, 11) is 0. The van der Waals surface area contributed by atoms with E-state index >= 15 is 0 Å². The highest BCUT2D eigenvalue weighted by Crippen LogP contribution is 2.27. The summed E-state index contributed by atoms with van der Waals surface area (Å²) in [6.07, 6.45) is 4.79. The van der Waals surface area contributed by atoms with Gasteiger partial charge in [-0.2, -0.15) is 9.83 Å². The molecule has 1 unspecified atom stereocenters. The van der Waals surface area contributed by atoms with Crippen LogP contribution in [0.15, 0.2) is 48.7 Å². The van der Waals surface area contributed by atoms with Gasteiger partial charge in [0.1, 0.15) is 5.69 Å². The zero-order valence-corrected chi connectivity index (χ0v) is 12.2. The molecular weight excluding hydrogens is 278 g/mol. The van der Waals surface area contributed by atoms with Crippen LogP contribution in [0.1, 0.15) is 25.5 Å². The molecule has 1 fully saturated rings. The van der Waals surface area contributed by atoms with E-state index in [0.717, 1.165) is 41.7 Å². The third-order valence-corrected chi connectivity index (χ3v) is 4.16. The number of ether oxygens (including phenoxy) is 1. The van der Waals surface area contributed by atoms with Crippen molar-refractivity contribution in [2.45, 2.75) is 25.5 Å². The molecule has 0 spiro atoms. The van der Waals surface area contributed by atoms with Crippen LogP contribution in [0.25, 0.3) is 22.3 Å². The van der Waals surface area contributed by atoms with E-state index in [0.29, 0.717) is 11.2 Å². The summed E-state index contributed by atoms with van der Waals surface area (Å²) in [6, 6.07) is 13.3. The molecule has 1 atom stereocenters. The molecule has 0 aliphatic carbocycles. The van der Waals surface area contributed by atoms with Crippen LogP contribution in [-0.4, -0.2) is 16.4 Å². The lowest BCUT2D eigenvalue weighted by molar-refractivity contribution is -0.565. The van der Waals surface area contributed by atoms with E-state index in [9.17, 15) is 5.21 Å². The Morgan fingerprint density at radius 2 is 2.05 bits per heavy atom. The molecule has 0 N–H and O–H groups in total. The highest BCUT2D eigenvalue weighted by molar-refractivity contribution is 5.77. The van der Waals surface area contributed by atoms with Crippen molar-refractivity contribution in [1.82, 2.24) is 9.78 Å². The minimum absolute atomic E-state index is 0.0785. The second-order valence-corrected chi connectivity index (χ2v) is 5.55. The molecule has 0 amide bonds. The molecule has 112 valence electrons. The van der Waals surface area contributed by atoms with E-state index in [4.69, 9.17) is 4.74 Å². The van der Waals surface area contributed by atoms with E-state index in [-0.39, 0.29) is 6.23 Å². The summed E-state index contributed by atoms with van der Waals surface area (Å²) in [6.45, 7) is 0.749. The SMILES string of the molecule is [O-][n+]1c(-c2ccnn2C2CCCCO2)ccc2ccccc21. The van der Waals surface area contributed by atoms with Crippen LogP contribution < -0.4 is 4.73 Å². The first-order valence-corrected chi connectivity index (χ1v) is 7.61. The maximum Gasteiger partial charge on any atom is 0.242 e. The topological polar surface area (TPSA) is 54.0 Å². The van der Waals surface area contributed by atoms with Crippen LogP contribution in [-0.2, 0) is 4.74 Å². The van der Waals surface area contributed by atoms with Crippen LogP contribution in [0.2, 0.25) is 0 Å². The highest BCUT2D eigenvalue weighted by atomic mass is 16.5. The number of benzene rings is 1. The van der Waals surface area contributed by atoms with Crippen molar-refractivity contribution < 1.29 is 9.47 Å². The van der Waals surface area contributed by atoms with Gasteiger partial charge in [0.25, 0.3) is 0 Å². The minimum Gasteiger partial charge on any atom is -0.618 e. The van der Waals surface area contributed by atoms with Crippen molar-refractivity contribution in [2.24, 2.45) is 0 Å². The van der Waals surface area contributed by atoms with Crippen LogP contribution in [0.3, 0.4) is 0 Å². The Kier molecular flexibility index (Phi) is 3.27. The first-order chi connectivity index (χ1) is 10.8. The van der Waals surface area contributed by atoms with Gasteiger partial charge in [0.05, 0.1) is 0 Å². The molecule has 0 radical (unpaired) electrons. The number of nitrogens with zero attached hydrogens (tertiary/aromatic N) is 3. The van der Waals surface area contributed by atoms with Crippen molar-refractivity contribution in [2.75, 3.05) is 6.61 Å². The van der Waals surface area contributed by atoms with Crippen LogP contribution in [0.5, 0.6) is 0 Å². The number of fused-ring (bicyclic) bond motifs is 1. The summed E-state index contributed by atoms with van der Waals surface area (Å²) in [5, 5.41) is 18.0. The molecule has 1 aliphatic rings. The standard InChI is InChI=1S/C17H17N3O2/c21-20-14-6-2-1-5-13(14)8-9-16(20)15-10-11-18-19(15)17-7-3-4-12-22-17/h1-2,5-6,8-11,17H,3-4,7,12H2. The lowest BCUT2D eigenvalue weighted by Crippen LogP contribution is -2.31. The van der Waals surface area contributed by atoms with E-state index in [1.165, 1.54) is 0 Å². The van der Waals surface area contributed by atoms with Gasteiger partial charge in [-0.15, -0.1) is 0 Å². The van der Waals surface area contributed by atoms with Gasteiger partial charge in [-0.3, -0.25) is 0 Å². The fourth-order valence-corrected chi connectivity index (χ4v) is 3.03. The quantitative estimate of drug-likeness (QED) is 0.539. The third kappa shape index (κ3) is 2.14. The summed E-state index contributed by atoms with van der Waals surface area (Å²) in [4.78, 5) is 0. The largest absolute Gasteiger partial charge is 0.618 e. The lowest BCUT2D eigenvalue weighted by atomic mass is 10.1. The normalized spacial score (nSPS) is 18.6. The number of hydrogen-bond donors (Lipinski definition) is 0. The highest BCUT2D eigenvalue weighted by Gasteiger charge is 2.23. The molecule has 1 aromatic carbocycles. The monoisotopic (exact) mass is 295 g/mol. The molecule has 0 saturated carbocycles. The fraction of sp³-hybridized carbons (Fsp3) is 0.294. The van der Waals surface area contributed by atoms with Gasteiger partial charge in [0, 0.05) is 30.3 Å². The summed E-state index contributed by atoms with van der Waals surface area (Å²) >= 11 is 0. The first-order valence-electron chi connectivity index (χ1n) is 7.61. The van der Waals surface area contributed by atoms with E-state index < -0.39 is 0 Å². The van der Waals surface area contributed by atoms with Gasteiger partial charge in [0.2, 0.25) is 11.2 Å². The molecule has 0 bridgehead atoms. The molecule has 2 aromatic heterocycles. The summed E-state index contributed by atoms with van der Waals surface area (Å²) in [5.74, 6) is 0. The summed E-state index contributed by atoms with van der Waals surface area (Å²) in [5.41, 5.74) is 2.07. The van der Waals surface area contributed by atoms with E-state index in [1.54, 1.807) is 6.20 Å². The number of para-hydroxylation sites is 1. The van der Waals surface area contributed by atoms with Gasteiger partial charge in [-0.05, 0) is 37.5 Å². The molecular formula is C17H17N3O2. The van der Waals surface area contributed by atoms with Crippen LogP contribution >= 0.6 is 0 Å². The number of pyridine rings is 1. The van der Waals surface area contributed by atoms with Crippen molar-refractivity contribution in [3.63, 3.8) is 0 Å². The van der Waals surface area contributed by atoms with Gasteiger partial charge >= 0.3 is 0 Å². The Balaban J connectivity index is 1.82. The van der Waals surface area contributed by atoms with Gasteiger partial charge < -0.3 is 9.94 Å². The third-order valence-electron chi connectivity index (χ3n) is 4.16. The molecule has 1 saturated heterocycles. The molecule has 1 aliphatic heterocycles. The molecule has 22 heavy (non-hydrogen) atoms. The zero-order chi connectivity index (χ0) is 14.9. The predicted molar refractivity (Wildman–Crippen MR) is 83.0 cm³/mol. The Bertz CT molecular complexity index is 807. The number of aromatic nitrogens is 3. The fourth-order valence-electron chi connectivity index (χ4n) is 3.03. The maximum atomic E-state index is 12.7. The smallest absolute Gasteiger partial charge is 0.242 e. The summed E-state index contributed by atoms with van der Waals surface area (Å²) < 4.78 is 8.61. The van der Waals surface area contributed by atoms with Gasteiger partial charge in [-0.1, -0.05) is 12.1 Å². The Morgan fingerprint density at radius 3 is 2.91 bits per heavy atom. The maximum absolute atomic E-state index is 12.7. The first kappa shape index (κ1) is 13.3. The Morgan fingerprint density at radius 1 is 1.14 bits per heavy atom. The van der Waals surface area contributed by atoms with E-state index in [2.05, 4.69) is 5.10 Å². The molecule has 5 heteroatoms. The Hall–Kier alpha value is -2.40. The van der Waals surface area contributed by atoms with Crippen LogP contribution in [0, 0.1) is 5.21 Å². The second kappa shape index (κ2) is 5.42. The van der Waals surface area contributed by atoms with Crippen molar-refractivity contribution in [3.8, 4) is 11.4 Å². The molecule has 5 nitrogen and oxygen atoms in total.